The van der Waals surface area contributed by atoms with Crippen molar-refractivity contribution in [2.75, 3.05) is 5.75 Å². The Hall–Kier alpha value is -0.150. The first-order valence-electron chi connectivity index (χ1n) is 3.60. The lowest BCUT2D eigenvalue weighted by Gasteiger charge is -2.04. The molecule has 0 atom stereocenters. The number of nitriles is 1. The number of thiocyanates is 1. The van der Waals surface area contributed by atoms with Crippen molar-refractivity contribution < 1.29 is 0 Å². The van der Waals surface area contributed by atoms with Crippen molar-refractivity contribution in [1.29, 1.82) is 5.26 Å². The highest BCUT2D eigenvalue weighted by atomic mass is 35.5. The fraction of sp³-hybridized carbons (Fsp3) is 0.286. The summed E-state index contributed by atoms with van der Waals surface area (Å²) in [4.78, 5) is 8.46. The van der Waals surface area contributed by atoms with Gasteiger partial charge in [0.25, 0.3) is 0 Å². The van der Waals surface area contributed by atoms with Crippen LogP contribution in [-0.4, -0.2) is 15.7 Å². The third-order valence-electron chi connectivity index (χ3n) is 1.20. The molecule has 1 rings (SSSR count). The Morgan fingerprint density at radius 1 is 1.43 bits per heavy atom. The Kier molecular flexibility index (Phi) is 4.82. The van der Waals surface area contributed by atoms with Gasteiger partial charge in [-0.25, -0.2) is 9.97 Å². The van der Waals surface area contributed by atoms with E-state index in [9.17, 15) is 0 Å². The van der Waals surface area contributed by atoms with Gasteiger partial charge in [-0.3, -0.25) is 0 Å². The van der Waals surface area contributed by atoms with E-state index in [1.807, 2.05) is 12.3 Å². The van der Waals surface area contributed by atoms with Crippen LogP contribution >= 0.6 is 46.7 Å². The smallest absolute Gasteiger partial charge is 0.209 e. The average Bonchev–Trinajstić information content (AvgIpc) is 2.11. The molecule has 0 radical (unpaired) electrons. The minimum Gasteiger partial charge on any atom is -0.209 e. The van der Waals surface area contributed by atoms with Crippen molar-refractivity contribution >= 4 is 46.7 Å². The van der Waals surface area contributed by atoms with Crippen LogP contribution in [0.2, 0.25) is 10.4 Å². The maximum Gasteiger partial charge on any atom is 0.224 e. The number of rotatable bonds is 3. The van der Waals surface area contributed by atoms with E-state index in [-0.39, 0.29) is 5.28 Å². The van der Waals surface area contributed by atoms with Crippen molar-refractivity contribution in [3.8, 4) is 5.40 Å². The van der Waals surface area contributed by atoms with Crippen molar-refractivity contribution in [2.45, 2.75) is 16.8 Å². The minimum atomic E-state index is 0.0632. The van der Waals surface area contributed by atoms with E-state index in [1.54, 1.807) is 0 Å². The van der Waals surface area contributed by atoms with Crippen LogP contribution in [0.5, 0.6) is 0 Å². The van der Waals surface area contributed by atoms with Gasteiger partial charge in [-0.15, -0.1) is 11.8 Å². The summed E-state index contributed by atoms with van der Waals surface area (Å²) in [5.74, 6) is 0.837. The fourth-order valence-corrected chi connectivity index (χ4v) is 2.74. The monoisotopic (exact) mass is 265 g/mol. The van der Waals surface area contributed by atoms with Gasteiger partial charge in [-0.05, 0) is 17.4 Å². The first-order chi connectivity index (χ1) is 6.69. The van der Waals surface area contributed by atoms with E-state index in [4.69, 9.17) is 28.5 Å². The van der Waals surface area contributed by atoms with Crippen molar-refractivity contribution in [1.82, 2.24) is 9.97 Å². The molecule has 7 heteroatoms. The molecular formula is C7H5Cl2N3S2. The van der Waals surface area contributed by atoms with Crippen LogP contribution in [0.3, 0.4) is 0 Å². The second kappa shape index (κ2) is 5.66. The molecule has 14 heavy (non-hydrogen) atoms. The second-order valence-corrected chi connectivity index (χ2v) is 4.79. The van der Waals surface area contributed by atoms with E-state index in [0.717, 1.165) is 17.5 Å². The molecule has 74 valence electrons. The fourth-order valence-electron chi connectivity index (χ4n) is 0.758. The summed E-state index contributed by atoms with van der Waals surface area (Å²) in [6.07, 6.45) is 0. The second-order valence-electron chi connectivity index (χ2n) is 2.04. The molecule has 0 aromatic carbocycles. The number of halogens is 2. The number of hydrogen-bond donors (Lipinski definition) is 0. The SMILES string of the molecule is CCSc1c(Cl)nc(Cl)nc1SC#N. The van der Waals surface area contributed by atoms with Crippen LogP contribution in [0.15, 0.2) is 9.92 Å². The molecule has 0 saturated carbocycles. The third-order valence-corrected chi connectivity index (χ3v) is 3.42. The molecular weight excluding hydrogens is 261 g/mol. The molecule has 0 aliphatic rings. The Morgan fingerprint density at radius 3 is 2.71 bits per heavy atom. The van der Waals surface area contributed by atoms with E-state index in [1.165, 1.54) is 11.8 Å². The lowest BCUT2D eigenvalue weighted by molar-refractivity contribution is 0.965. The van der Waals surface area contributed by atoms with Gasteiger partial charge in [0.05, 0.1) is 4.90 Å². The van der Waals surface area contributed by atoms with Gasteiger partial charge in [0.2, 0.25) is 5.28 Å². The van der Waals surface area contributed by atoms with Crippen LogP contribution in [0.25, 0.3) is 0 Å². The van der Waals surface area contributed by atoms with Crippen molar-refractivity contribution in [3.63, 3.8) is 0 Å². The van der Waals surface area contributed by atoms with Gasteiger partial charge in [-0.2, -0.15) is 5.26 Å². The van der Waals surface area contributed by atoms with E-state index in [0.29, 0.717) is 15.1 Å². The highest BCUT2D eigenvalue weighted by Gasteiger charge is 2.12. The minimum absolute atomic E-state index is 0.0632. The maximum absolute atomic E-state index is 8.55. The summed E-state index contributed by atoms with van der Waals surface area (Å²) in [5, 5.41) is 11.4. The molecule has 0 fully saturated rings. The Labute approximate surface area is 100 Å². The number of hydrogen-bond acceptors (Lipinski definition) is 5. The van der Waals surface area contributed by atoms with E-state index in [2.05, 4.69) is 9.97 Å². The Balaban J connectivity index is 3.16. The van der Waals surface area contributed by atoms with Crippen LogP contribution in [-0.2, 0) is 0 Å². The Morgan fingerprint density at radius 2 is 2.14 bits per heavy atom. The molecule has 0 aliphatic carbocycles. The third kappa shape index (κ3) is 2.92. The van der Waals surface area contributed by atoms with Crippen LogP contribution in [0, 0.1) is 10.7 Å². The lowest BCUT2D eigenvalue weighted by atomic mass is 10.7. The average molecular weight is 266 g/mol. The van der Waals surface area contributed by atoms with Gasteiger partial charge in [0.15, 0.2) is 0 Å². The van der Waals surface area contributed by atoms with Crippen LogP contribution in [0.4, 0.5) is 0 Å². The van der Waals surface area contributed by atoms with Gasteiger partial charge in [0.1, 0.15) is 15.6 Å². The largest absolute Gasteiger partial charge is 0.224 e. The normalized spacial score (nSPS) is 9.86. The first-order valence-corrected chi connectivity index (χ1v) is 6.16. The molecule has 0 N–H and O–H groups in total. The topological polar surface area (TPSA) is 49.6 Å². The molecule has 3 nitrogen and oxygen atoms in total. The quantitative estimate of drug-likeness (QED) is 0.363. The maximum atomic E-state index is 8.55. The zero-order valence-corrected chi connectivity index (χ0v) is 10.3. The molecule has 0 saturated heterocycles. The summed E-state index contributed by atoms with van der Waals surface area (Å²) in [6, 6.07) is 0. The predicted molar refractivity (Wildman–Crippen MR) is 59.9 cm³/mol. The van der Waals surface area contributed by atoms with Gasteiger partial charge in [-0.1, -0.05) is 18.5 Å². The zero-order chi connectivity index (χ0) is 10.6. The summed E-state index contributed by atoms with van der Waals surface area (Å²) in [7, 11) is 0. The summed E-state index contributed by atoms with van der Waals surface area (Å²) in [6.45, 7) is 1.98. The molecule has 0 aliphatic heterocycles. The van der Waals surface area contributed by atoms with Gasteiger partial charge < -0.3 is 0 Å². The molecule has 0 spiro atoms. The number of nitrogens with zero attached hydrogens (tertiary/aromatic N) is 3. The summed E-state index contributed by atoms with van der Waals surface area (Å²) >= 11 is 13.9. The molecule has 1 aromatic rings. The zero-order valence-electron chi connectivity index (χ0n) is 7.12. The van der Waals surface area contributed by atoms with E-state index >= 15 is 0 Å². The van der Waals surface area contributed by atoms with Crippen molar-refractivity contribution in [2.24, 2.45) is 0 Å². The number of thioether (sulfide) groups is 2. The highest BCUT2D eigenvalue weighted by Crippen LogP contribution is 2.34. The Bertz CT molecular complexity index is 378. The van der Waals surface area contributed by atoms with Gasteiger partial charge in [0, 0.05) is 11.8 Å². The predicted octanol–water partition coefficient (Wildman–Crippen LogP) is 3.47. The van der Waals surface area contributed by atoms with Crippen molar-refractivity contribution in [3.05, 3.63) is 10.4 Å². The van der Waals surface area contributed by atoms with Crippen LogP contribution in [0.1, 0.15) is 6.92 Å². The molecule has 1 aromatic heterocycles. The van der Waals surface area contributed by atoms with E-state index < -0.39 is 0 Å². The molecule has 0 amide bonds. The van der Waals surface area contributed by atoms with Gasteiger partial charge >= 0.3 is 0 Å². The van der Waals surface area contributed by atoms with Crippen LogP contribution < -0.4 is 0 Å². The molecule has 0 unspecified atom stereocenters. The number of aromatic nitrogens is 2. The first kappa shape index (κ1) is 11.9. The summed E-state index contributed by atoms with van der Waals surface area (Å²) < 4.78 is 0. The molecule has 0 bridgehead atoms. The summed E-state index contributed by atoms with van der Waals surface area (Å²) in [5.41, 5.74) is 0. The lowest BCUT2D eigenvalue weighted by Crippen LogP contribution is -1.91. The standard InChI is InChI=1S/C7H5Cl2N3S2/c1-2-13-4-5(8)11-7(9)12-6(4)14-3-10/h2H2,1H3. The molecule has 1 heterocycles. The highest BCUT2D eigenvalue weighted by molar-refractivity contribution is 8.05.